The SMILES string of the molecule is Cc1cccc(N)c1Sc1ccc(C(C)(C)C)cc1. The van der Waals surface area contributed by atoms with Crippen molar-refractivity contribution in [1.82, 2.24) is 0 Å². The minimum Gasteiger partial charge on any atom is -0.398 e. The first-order valence-electron chi connectivity index (χ1n) is 6.51. The molecular weight excluding hydrogens is 250 g/mol. The van der Waals surface area contributed by atoms with Crippen molar-refractivity contribution in [3.8, 4) is 0 Å². The average Bonchev–Trinajstić information content (AvgIpc) is 2.33. The number of aryl methyl sites for hydroxylation is 1. The number of rotatable bonds is 2. The molecule has 0 unspecified atom stereocenters. The molecule has 0 spiro atoms. The zero-order chi connectivity index (χ0) is 14.0. The minimum absolute atomic E-state index is 0.199. The van der Waals surface area contributed by atoms with Crippen molar-refractivity contribution < 1.29 is 0 Å². The summed E-state index contributed by atoms with van der Waals surface area (Å²) < 4.78 is 0. The van der Waals surface area contributed by atoms with Crippen LogP contribution in [0.1, 0.15) is 31.9 Å². The first-order chi connectivity index (χ1) is 8.88. The van der Waals surface area contributed by atoms with Gasteiger partial charge < -0.3 is 5.73 Å². The summed E-state index contributed by atoms with van der Waals surface area (Å²) in [5, 5.41) is 0. The average molecular weight is 271 g/mol. The van der Waals surface area contributed by atoms with E-state index >= 15 is 0 Å². The van der Waals surface area contributed by atoms with Gasteiger partial charge in [0.1, 0.15) is 0 Å². The molecule has 0 aliphatic heterocycles. The van der Waals surface area contributed by atoms with Crippen LogP contribution in [0.15, 0.2) is 52.3 Å². The van der Waals surface area contributed by atoms with E-state index in [0.29, 0.717) is 0 Å². The molecule has 0 radical (unpaired) electrons. The Balaban J connectivity index is 2.25. The van der Waals surface area contributed by atoms with Crippen molar-refractivity contribution in [2.75, 3.05) is 5.73 Å². The summed E-state index contributed by atoms with van der Waals surface area (Å²) in [4.78, 5) is 2.39. The van der Waals surface area contributed by atoms with E-state index in [1.165, 1.54) is 16.0 Å². The molecule has 2 aromatic rings. The lowest BCUT2D eigenvalue weighted by Crippen LogP contribution is -2.10. The molecule has 100 valence electrons. The van der Waals surface area contributed by atoms with E-state index in [-0.39, 0.29) is 5.41 Å². The third kappa shape index (κ3) is 3.32. The van der Waals surface area contributed by atoms with E-state index in [4.69, 9.17) is 5.73 Å². The Hall–Kier alpha value is -1.41. The third-order valence-electron chi connectivity index (χ3n) is 3.18. The number of nitrogens with two attached hydrogens (primary N) is 1. The molecule has 19 heavy (non-hydrogen) atoms. The molecule has 0 heterocycles. The highest BCUT2D eigenvalue weighted by atomic mass is 32.2. The number of nitrogen functional groups attached to an aromatic ring is 1. The highest BCUT2D eigenvalue weighted by Crippen LogP contribution is 2.35. The van der Waals surface area contributed by atoms with Crippen molar-refractivity contribution in [2.45, 2.75) is 42.9 Å². The summed E-state index contributed by atoms with van der Waals surface area (Å²) in [5.74, 6) is 0. The Morgan fingerprint density at radius 3 is 2.11 bits per heavy atom. The number of anilines is 1. The van der Waals surface area contributed by atoms with Gasteiger partial charge in [0.05, 0.1) is 0 Å². The summed E-state index contributed by atoms with van der Waals surface area (Å²) in [6.07, 6.45) is 0. The third-order valence-corrected chi connectivity index (χ3v) is 4.45. The minimum atomic E-state index is 0.199. The van der Waals surface area contributed by atoms with Gasteiger partial charge in [0, 0.05) is 15.5 Å². The Kier molecular flexibility index (Phi) is 3.91. The van der Waals surface area contributed by atoms with E-state index < -0.39 is 0 Å². The maximum Gasteiger partial charge on any atom is 0.0458 e. The molecule has 2 heteroatoms. The fourth-order valence-corrected chi connectivity index (χ4v) is 2.88. The highest BCUT2D eigenvalue weighted by molar-refractivity contribution is 7.99. The van der Waals surface area contributed by atoms with Crippen LogP contribution in [-0.4, -0.2) is 0 Å². The molecule has 0 amide bonds. The highest BCUT2D eigenvalue weighted by Gasteiger charge is 2.13. The largest absolute Gasteiger partial charge is 0.398 e. The second kappa shape index (κ2) is 5.30. The quantitative estimate of drug-likeness (QED) is 0.776. The van der Waals surface area contributed by atoms with E-state index in [9.17, 15) is 0 Å². The summed E-state index contributed by atoms with van der Waals surface area (Å²) in [5.41, 5.74) is 9.68. The molecule has 0 bridgehead atoms. The van der Waals surface area contributed by atoms with Gasteiger partial charge in [-0.25, -0.2) is 0 Å². The van der Waals surface area contributed by atoms with Crippen molar-refractivity contribution in [3.63, 3.8) is 0 Å². The Labute approximate surface area is 120 Å². The first-order valence-corrected chi connectivity index (χ1v) is 7.33. The monoisotopic (exact) mass is 271 g/mol. The van der Waals surface area contributed by atoms with Gasteiger partial charge in [0.2, 0.25) is 0 Å². The van der Waals surface area contributed by atoms with Gasteiger partial charge >= 0.3 is 0 Å². The maximum atomic E-state index is 6.05. The van der Waals surface area contributed by atoms with Crippen LogP contribution in [0.3, 0.4) is 0 Å². The summed E-state index contributed by atoms with van der Waals surface area (Å²) in [6.45, 7) is 8.79. The second-order valence-electron chi connectivity index (χ2n) is 5.87. The molecular formula is C17H21NS. The number of benzene rings is 2. The lowest BCUT2D eigenvalue weighted by atomic mass is 9.87. The number of hydrogen-bond donors (Lipinski definition) is 1. The predicted octanol–water partition coefficient (Wildman–Crippen LogP) is 5.03. The van der Waals surface area contributed by atoms with Crippen molar-refractivity contribution in [3.05, 3.63) is 53.6 Å². The molecule has 2 aromatic carbocycles. The van der Waals surface area contributed by atoms with Crippen LogP contribution < -0.4 is 5.73 Å². The van der Waals surface area contributed by atoms with Crippen LogP contribution >= 0.6 is 11.8 Å². The molecule has 2 N–H and O–H groups in total. The van der Waals surface area contributed by atoms with Gasteiger partial charge in [-0.3, -0.25) is 0 Å². The van der Waals surface area contributed by atoms with Crippen LogP contribution in [0.4, 0.5) is 5.69 Å². The zero-order valence-electron chi connectivity index (χ0n) is 12.0. The van der Waals surface area contributed by atoms with Gasteiger partial charge in [-0.1, -0.05) is 56.8 Å². The topological polar surface area (TPSA) is 26.0 Å². The van der Waals surface area contributed by atoms with E-state index in [1.807, 2.05) is 12.1 Å². The van der Waals surface area contributed by atoms with Gasteiger partial charge in [-0.05, 0) is 41.7 Å². The summed E-state index contributed by atoms with van der Waals surface area (Å²) >= 11 is 1.74. The van der Waals surface area contributed by atoms with Gasteiger partial charge in [0.25, 0.3) is 0 Å². The molecule has 1 nitrogen and oxygen atoms in total. The standard InChI is InChI=1S/C17H21NS/c1-12-6-5-7-15(18)16(12)19-14-10-8-13(9-11-14)17(2,3)4/h5-11H,18H2,1-4H3. The van der Waals surface area contributed by atoms with Crippen molar-refractivity contribution in [2.24, 2.45) is 0 Å². The van der Waals surface area contributed by atoms with Crippen LogP contribution in [0, 0.1) is 6.92 Å². The normalized spacial score (nSPS) is 11.6. The van der Waals surface area contributed by atoms with Crippen LogP contribution in [0.2, 0.25) is 0 Å². The maximum absolute atomic E-state index is 6.05. The molecule has 0 aliphatic carbocycles. The van der Waals surface area contributed by atoms with E-state index in [1.54, 1.807) is 11.8 Å². The Morgan fingerprint density at radius 2 is 1.58 bits per heavy atom. The van der Waals surface area contributed by atoms with Crippen LogP contribution in [-0.2, 0) is 5.41 Å². The summed E-state index contributed by atoms with van der Waals surface area (Å²) in [6, 6.07) is 14.8. The molecule has 0 fully saturated rings. The fraction of sp³-hybridized carbons (Fsp3) is 0.294. The van der Waals surface area contributed by atoms with Crippen molar-refractivity contribution >= 4 is 17.4 Å². The lowest BCUT2D eigenvalue weighted by Gasteiger charge is -2.19. The smallest absolute Gasteiger partial charge is 0.0458 e. The fourth-order valence-electron chi connectivity index (χ4n) is 1.96. The molecule has 0 saturated heterocycles. The Morgan fingerprint density at radius 1 is 0.947 bits per heavy atom. The second-order valence-corrected chi connectivity index (χ2v) is 6.95. The molecule has 2 rings (SSSR count). The summed E-state index contributed by atoms with van der Waals surface area (Å²) in [7, 11) is 0. The molecule has 0 saturated carbocycles. The van der Waals surface area contributed by atoms with Crippen LogP contribution in [0.25, 0.3) is 0 Å². The molecule has 0 aromatic heterocycles. The Bertz CT molecular complexity index is 545. The van der Waals surface area contributed by atoms with Gasteiger partial charge in [-0.2, -0.15) is 0 Å². The molecule has 0 atom stereocenters. The van der Waals surface area contributed by atoms with E-state index in [2.05, 4.69) is 58.0 Å². The van der Waals surface area contributed by atoms with Crippen molar-refractivity contribution in [1.29, 1.82) is 0 Å². The lowest BCUT2D eigenvalue weighted by molar-refractivity contribution is 0.590. The number of hydrogen-bond acceptors (Lipinski definition) is 2. The van der Waals surface area contributed by atoms with Gasteiger partial charge in [-0.15, -0.1) is 0 Å². The van der Waals surface area contributed by atoms with Crippen LogP contribution in [0.5, 0.6) is 0 Å². The van der Waals surface area contributed by atoms with E-state index in [0.717, 1.165) is 10.6 Å². The predicted molar refractivity (Wildman–Crippen MR) is 84.9 cm³/mol. The van der Waals surface area contributed by atoms with Gasteiger partial charge in [0.15, 0.2) is 0 Å². The molecule has 0 aliphatic rings. The zero-order valence-corrected chi connectivity index (χ0v) is 12.8. The first kappa shape index (κ1) is 14.0.